The quantitative estimate of drug-likeness (QED) is 0.321. The highest BCUT2D eigenvalue weighted by molar-refractivity contribution is 5.94. The summed E-state index contributed by atoms with van der Waals surface area (Å²) in [5.41, 5.74) is 1.80. The van der Waals surface area contributed by atoms with Crippen molar-refractivity contribution in [1.29, 1.82) is 0 Å². The summed E-state index contributed by atoms with van der Waals surface area (Å²) in [4.78, 5) is 16.0. The Kier molecular flexibility index (Phi) is 10.4. The van der Waals surface area contributed by atoms with E-state index in [2.05, 4.69) is 20.9 Å². The third kappa shape index (κ3) is 8.27. The molecule has 156 valence electrons. The monoisotopic (exact) mass is 390 g/mol. The van der Waals surface area contributed by atoms with E-state index in [0.29, 0.717) is 11.5 Å². The fourth-order valence-corrected chi connectivity index (χ4v) is 3.10. The fourth-order valence-electron chi connectivity index (χ4n) is 3.10. The largest absolute Gasteiger partial charge is 0.381 e. The van der Waals surface area contributed by atoms with Gasteiger partial charge in [-0.1, -0.05) is 12.1 Å². The Labute approximate surface area is 168 Å². The van der Waals surface area contributed by atoms with Crippen molar-refractivity contribution < 1.29 is 14.3 Å². The van der Waals surface area contributed by atoms with Crippen LogP contribution < -0.4 is 16.0 Å². The molecule has 2 rings (SSSR count). The number of guanidine groups is 1. The zero-order valence-electron chi connectivity index (χ0n) is 17.1. The highest BCUT2D eigenvalue weighted by Crippen LogP contribution is 2.14. The van der Waals surface area contributed by atoms with Crippen molar-refractivity contribution in [2.45, 2.75) is 25.7 Å². The Morgan fingerprint density at radius 1 is 1.25 bits per heavy atom. The van der Waals surface area contributed by atoms with Crippen molar-refractivity contribution in [2.75, 3.05) is 53.6 Å². The first-order chi connectivity index (χ1) is 13.7. The number of amides is 1. The van der Waals surface area contributed by atoms with Crippen molar-refractivity contribution in [3.05, 3.63) is 35.4 Å². The van der Waals surface area contributed by atoms with Gasteiger partial charge in [0.1, 0.15) is 0 Å². The van der Waals surface area contributed by atoms with Crippen LogP contribution in [0.3, 0.4) is 0 Å². The predicted octanol–water partition coefficient (Wildman–Crippen LogP) is 1.59. The number of rotatable bonds is 10. The summed E-state index contributed by atoms with van der Waals surface area (Å²) in [5, 5.41) is 9.26. The highest BCUT2D eigenvalue weighted by atomic mass is 16.5. The summed E-state index contributed by atoms with van der Waals surface area (Å²) in [5.74, 6) is 1.37. The fraction of sp³-hybridized carbons (Fsp3) is 0.619. The molecule has 0 radical (unpaired) electrons. The number of hydrogen-bond acceptors (Lipinski definition) is 4. The molecule has 0 aromatic heterocycles. The summed E-state index contributed by atoms with van der Waals surface area (Å²) >= 11 is 0. The predicted molar refractivity (Wildman–Crippen MR) is 112 cm³/mol. The van der Waals surface area contributed by atoms with Gasteiger partial charge in [-0.25, -0.2) is 0 Å². The van der Waals surface area contributed by atoms with Gasteiger partial charge in [-0.2, -0.15) is 0 Å². The third-order valence-corrected chi connectivity index (χ3v) is 4.80. The van der Waals surface area contributed by atoms with E-state index >= 15 is 0 Å². The SMILES string of the molecule is CN=C(NCCCOCC1CCOCC1)NCCc1cccc(C(=O)NC)c1. The Morgan fingerprint density at radius 2 is 2.04 bits per heavy atom. The maximum atomic E-state index is 11.7. The van der Waals surface area contributed by atoms with Crippen molar-refractivity contribution in [3.63, 3.8) is 0 Å². The van der Waals surface area contributed by atoms with Crippen molar-refractivity contribution in [3.8, 4) is 0 Å². The Bertz CT molecular complexity index is 615. The number of carbonyl (C=O) groups is 1. The van der Waals surface area contributed by atoms with Crippen LogP contribution in [0.1, 0.15) is 35.2 Å². The van der Waals surface area contributed by atoms with Gasteiger partial charge in [-0.05, 0) is 49.3 Å². The van der Waals surface area contributed by atoms with E-state index in [4.69, 9.17) is 9.47 Å². The molecule has 1 aliphatic rings. The van der Waals surface area contributed by atoms with Gasteiger partial charge in [0.25, 0.3) is 5.91 Å². The highest BCUT2D eigenvalue weighted by Gasteiger charge is 2.13. The minimum atomic E-state index is -0.0636. The molecule has 0 atom stereocenters. The van der Waals surface area contributed by atoms with Crippen LogP contribution in [-0.4, -0.2) is 65.5 Å². The average Bonchev–Trinajstić information content (AvgIpc) is 2.75. The topological polar surface area (TPSA) is 84.0 Å². The molecule has 1 fully saturated rings. The maximum absolute atomic E-state index is 11.7. The molecule has 3 N–H and O–H groups in total. The summed E-state index contributed by atoms with van der Waals surface area (Å²) in [7, 11) is 3.41. The number of ether oxygens (including phenoxy) is 2. The van der Waals surface area contributed by atoms with Gasteiger partial charge in [0.2, 0.25) is 0 Å². The molecule has 1 heterocycles. The normalized spacial score (nSPS) is 15.3. The molecule has 1 amide bonds. The molecule has 7 nitrogen and oxygen atoms in total. The molecule has 1 saturated heterocycles. The lowest BCUT2D eigenvalue weighted by molar-refractivity contribution is 0.0203. The van der Waals surface area contributed by atoms with Crippen LogP contribution >= 0.6 is 0 Å². The summed E-state index contributed by atoms with van der Waals surface area (Å²) < 4.78 is 11.1. The van der Waals surface area contributed by atoms with Crippen LogP contribution in [0.2, 0.25) is 0 Å². The first-order valence-corrected chi connectivity index (χ1v) is 10.1. The van der Waals surface area contributed by atoms with E-state index in [9.17, 15) is 4.79 Å². The van der Waals surface area contributed by atoms with Gasteiger partial charge in [0.05, 0.1) is 0 Å². The molecule has 0 unspecified atom stereocenters. The molecule has 0 saturated carbocycles. The minimum Gasteiger partial charge on any atom is -0.381 e. The lowest BCUT2D eigenvalue weighted by Crippen LogP contribution is -2.39. The first kappa shape index (κ1) is 22.2. The zero-order chi connectivity index (χ0) is 20.0. The Morgan fingerprint density at radius 3 is 2.79 bits per heavy atom. The number of aliphatic imine (C=N–C) groups is 1. The maximum Gasteiger partial charge on any atom is 0.251 e. The molecule has 0 aliphatic carbocycles. The first-order valence-electron chi connectivity index (χ1n) is 10.1. The van der Waals surface area contributed by atoms with E-state index in [1.807, 2.05) is 24.3 Å². The lowest BCUT2D eigenvalue weighted by Gasteiger charge is -2.21. The second kappa shape index (κ2) is 13.1. The second-order valence-corrected chi connectivity index (χ2v) is 6.94. The summed E-state index contributed by atoms with van der Waals surface area (Å²) in [6.45, 7) is 4.90. The molecule has 1 aliphatic heterocycles. The van der Waals surface area contributed by atoms with Crippen LogP contribution in [0.5, 0.6) is 0 Å². The molecular formula is C21H34N4O3. The molecule has 28 heavy (non-hydrogen) atoms. The van der Waals surface area contributed by atoms with Gasteiger partial charge in [0, 0.05) is 59.2 Å². The van der Waals surface area contributed by atoms with Crippen LogP contribution in [0.25, 0.3) is 0 Å². The van der Waals surface area contributed by atoms with E-state index < -0.39 is 0 Å². The van der Waals surface area contributed by atoms with Crippen LogP contribution in [-0.2, 0) is 15.9 Å². The molecule has 1 aromatic carbocycles. The van der Waals surface area contributed by atoms with Crippen molar-refractivity contribution in [2.24, 2.45) is 10.9 Å². The van der Waals surface area contributed by atoms with E-state index in [0.717, 1.165) is 76.7 Å². The van der Waals surface area contributed by atoms with E-state index in [1.165, 1.54) is 0 Å². The average molecular weight is 391 g/mol. The second-order valence-electron chi connectivity index (χ2n) is 6.94. The molecule has 0 spiro atoms. The third-order valence-electron chi connectivity index (χ3n) is 4.80. The summed E-state index contributed by atoms with van der Waals surface area (Å²) in [6, 6.07) is 7.68. The Balaban J connectivity index is 1.56. The van der Waals surface area contributed by atoms with Crippen LogP contribution in [0.15, 0.2) is 29.3 Å². The Hall–Kier alpha value is -2.12. The molecular weight excluding hydrogens is 356 g/mol. The summed E-state index contributed by atoms with van der Waals surface area (Å²) in [6.07, 6.45) is 3.99. The number of carbonyl (C=O) groups excluding carboxylic acids is 1. The van der Waals surface area contributed by atoms with Gasteiger partial charge in [-0.15, -0.1) is 0 Å². The number of benzene rings is 1. The zero-order valence-corrected chi connectivity index (χ0v) is 17.1. The standard InChI is InChI=1S/C21H34N4O3/c1-22-20(26)19-6-3-5-17(15-19)7-11-25-21(23-2)24-10-4-12-28-16-18-8-13-27-14-9-18/h3,5-6,15,18H,4,7-14,16H2,1-2H3,(H,22,26)(H2,23,24,25). The van der Waals surface area contributed by atoms with E-state index in [-0.39, 0.29) is 5.91 Å². The van der Waals surface area contributed by atoms with Crippen molar-refractivity contribution >= 4 is 11.9 Å². The van der Waals surface area contributed by atoms with Crippen molar-refractivity contribution in [1.82, 2.24) is 16.0 Å². The van der Waals surface area contributed by atoms with E-state index in [1.54, 1.807) is 14.1 Å². The number of nitrogens with zero attached hydrogens (tertiary/aromatic N) is 1. The van der Waals surface area contributed by atoms with Gasteiger partial charge >= 0.3 is 0 Å². The molecule has 7 heteroatoms. The van der Waals surface area contributed by atoms with Gasteiger partial charge < -0.3 is 25.4 Å². The molecule has 0 bridgehead atoms. The lowest BCUT2D eigenvalue weighted by atomic mass is 10.0. The molecule has 1 aromatic rings. The smallest absolute Gasteiger partial charge is 0.251 e. The van der Waals surface area contributed by atoms with Gasteiger partial charge in [-0.3, -0.25) is 9.79 Å². The van der Waals surface area contributed by atoms with Crippen LogP contribution in [0, 0.1) is 5.92 Å². The number of nitrogens with one attached hydrogen (secondary N) is 3. The number of hydrogen-bond donors (Lipinski definition) is 3. The van der Waals surface area contributed by atoms with Crippen LogP contribution in [0.4, 0.5) is 0 Å². The van der Waals surface area contributed by atoms with Gasteiger partial charge in [0.15, 0.2) is 5.96 Å². The minimum absolute atomic E-state index is 0.0636.